The minimum absolute atomic E-state index is 0.102. The average molecular weight is 412 g/mol. The number of rotatable bonds is 10. The molecular weight excluding hydrogens is 382 g/mol. The normalized spacial score (nSPS) is 13.9. The van der Waals surface area contributed by atoms with Crippen molar-refractivity contribution in [3.8, 4) is 0 Å². The zero-order valence-electron chi connectivity index (χ0n) is 16.7. The molecule has 0 heterocycles. The summed E-state index contributed by atoms with van der Waals surface area (Å²) in [4.78, 5) is 12.0. The zero-order chi connectivity index (χ0) is 20.6. The third kappa shape index (κ3) is 7.60. The van der Waals surface area contributed by atoms with Gasteiger partial charge in [0.05, 0.1) is 11.4 Å². The van der Waals surface area contributed by atoms with E-state index >= 15 is 0 Å². The third-order valence-corrected chi connectivity index (χ3v) is 6.03. The van der Waals surface area contributed by atoms with Gasteiger partial charge in [-0.1, -0.05) is 36.4 Å². The van der Waals surface area contributed by atoms with E-state index in [4.69, 9.17) is 16.3 Å². The number of carbonyl (C=O) groups is 1. The van der Waals surface area contributed by atoms with Crippen LogP contribution in [0.3, 0.4) is 0 Å². The molecule has 1 aromatic carbocycles. The minimum atomic E-state index is -1.33. The number of halogens is 1. The Kier molecular flexibility index (Phi) is 9.43. The molecule has 4 nitrogen and oxygen atoms in total. The predicted octanol–water partition coefficient (Wildman–Crippen LogP) is 4.71. The Labute approximate surface area is 170 Å². The lowest BCUT2D eigenvalue weighted by Crippen LogP contribution is -2.46. The number of carbonyl (C=O) groups excluding carboxylic acids is 1. The van der Waals surface area contributed by atoms with E-state index in [1.54, 1.807) is 13.0 Å². The summed E-state index contributed by atoms with van der Waals surface area (Å²) < 4.78 is 19.6. The highest BCUT2D eigenvalue weighted by Gasteiger charge is 2.32. The molecule has 1 unspecified atom stereocenters. The quantitative estimate of drug-likeness (QED) is 0.318. The molecule has 0 saturated carbocycles. The molecular formula is C21H30ClNO3S. The molecule has 0 aliphatic heterocycles. The summed E-state index contributed by atoms with van der Waals surface area (Å²) in [6.07, 6.45) is 3.09. The van der Waals surface area contributed by atoms with Crippen LogP contribution < -0.4 is 0 Å². The van der Waals surface area contributed by atoms with Crippen molar-refractivity contribution in [1.82, 2.24) is 4.31 Å². The summed E-state index contributed by atoms with van der Waals surface area (Å²) in [6.45, 7) is 15.6. The molecule has 2 atom stereocenters. The van der Waals surface area contributed by atoms with Crippen LogP contribution in [-0.4, -0.2) is 38.4 Å². The van der Waals surface area contributed by atoms with Crippen LogP contribution in [0.25, 0.3) is 0 Å². The Morgan fingerprint density at radius 3 is 2.41 bits per heavy atom. The maximum atomic E-state index is 13.2. The van der Waals surface area contributed by atoms with Gasteiger partial charge in [-0.25, -0.2) is 13.3 Å². The van der Waals surface area contributed by atoms with Gasteiger partial charge in [-0.2, -0.15) is 0 Å². The highest BCUT2D eigenvalue weighted by atomic mass is 35.5. The fraction of sp³-hybridized carbons (Fsp3) is 0.476. The van der Waals surface area contributed by atoms with Crippen LogP contribution in [0.5, 0.6) is 0 Å². The maximum Gasteiger partial charge on any atom is 0.334 e. The van der Waals surface area contributed by atoms with Crippen molar-refractivity contribution in [3.63, 3.8) is 0 Å². The first kappa shape index (κ1) is 23.6. The lowest BCUT2D eigenvalue weighted by atomic mass is 10.0. The third-order valence-electron chi connectivity index (χ3n) is 3.88. The average Bonchev–Trinajstić information content (AvgIpc) is 2.59. The van der Waals surface area contributed by atoms with E-state index in [9.17, 15) is 9.00 Å². The summed E-state index contributed by atoms with van der Waals surface area (Å²) in [5.41, 5.74) is 1.36. The van der Waals surface area contributed by atoms with E-state index in [1.807, 2.05) is 49.3 Å². The van der Waals surface area contributed by atoms with Crippen molar-refractivity contribution in [2.45, 2.75) is 51.3 Å². The Hall–Kier alpha value is -1.43. The molecule has 6 heteroatoms. The van der Waals surface area contributed by atoms with E-state index in [0.717, 1.165) is 5.56 Å². The predicted molar refractivity (Wildman–Crippen MR) is 114 cm³/mol. The fourth-order valence-corrected chi connectivity index (χ4v) is 4.08. The monoisotopic (exact) mass is 411 g/mol. The van der Waals surface area contributed by atoms with Crippen molar-refractivity contribution in [3.05, 3.63) is 59.7 Å². The first-order valence-corrected chi connectivity index (χ1v) is 10.5. The number of esters is 1. The lowest BCUT2D eigenvalue weighted by molar-refractivity contribution is -0.138. The van der Waals surface area contributed by atoms with Gasteiger partial charge in [0.1, 0.15) is 11.0 Å². The Morgan fingerprint density at radius 2 is 1.93 bits per heavy atom. The van der Waals surface area contributed by atoms with E-state index in [1.165, 1.54) is 0 Å². The van der Waals surface area contributed by atoms with Crippen LogP contribution in [-0.2, 0) is 26.9 Å². The van der Waals surface area contributed by atoms with Gasteiger partial charge in [-0.05, 0) is 58.2 Å². The second kappa shape index (κ2) is 10.8. The van der Waals surface area contributed by atoms with Gasteiger partial charge < -0.3 is 4.74 Å². The Balaban J connectivity index is 3.15. The van der Waals surface area contributed by atoms with Crippen molar-refractivity contribution in [2.24, 2.45) is 0 Å². The molecule has 1 aromatic rings. The first-order chi connectivity index (χ1) is 12.6. The minimum Gasteiger partial charge on any atom is -0.463 e. The SMILES string of the molecule is C=CCC(Cc1ccc(Cl)cc1)N(CC(=C)C(=O)OCC)[S@](=O)C(C)(C)C. The van der Waals surface area contributed by atoms with E-state index in [-0.39, 0.29) is 19.2 Å². The van der Waals surface area contributed by atoms with Crippen LogP contribution >= 0.6 is 11.6 Å². The number of ether oxygens (including phenoxy) is 1. The van der Waals surface area contributed by atoms with Crippen molar-refractivity contribution in [2.75, 3.05) is 13.2 Å². The van der Waals surface area contributed by atoms with Crippen molar-refractivity contribution >= 4 is 28.6 Å². The summed E-state index contributed by atoms with van der Waals surface area (Å²) in [5, 5.41) is 0.671. The summed E-state index contributed by atoms with van der Waals surface area (Å²) >= 11 is 5.98. The smallest absolute Gasteiger partial charge is 0.334 e. The molecule has 0 bridgehead atoms. The van der Waals surface area contributed by atoms with Crippen LogP contribution in [0.1, 0.15) is 39.7 Å². The topological polar surface area (TPSA) is 46.6 Å². The second-order valence-electron chi connectivity index (χ2n) is 7.27. The molecule has 1 rings (SSSR count). The first-order valence-electron chi connectivity index (χ1n) is 8.99. The Bertz CT molecular complexity index is 680. The van der Waals surface area contributed by atoms with Gasteiger partial charge in [0.15, 0.2) is 0 Å². The van der Waals surface area contributed by atoms with E-state index in [2.05, 4.69) is 13.2 Å². The molecule has 0 amide bonds. The van der Waals surface area contributed by atoms with Crippen LogP contribution in [0.2, 0.25) is 5.02 Å². The van der Waals surface area contributed by atoms with Crippen molar-refractivity contribution in [1.29, 1.82) is 0 Å². The summed E-state index contributed by atoms with van der Waals surface area (Å²) in [6, 6.07) is 7.48. The molecule has 0 radical (unpaired) electrons. The molecule has 0 spiro atoms. The molecule has 0 fully saturated rings. The van der Waals surface area contributed by atoms with Gasteiger partial charge >= 0.3 is 5.97 Å². The number of hydrogen-bond donors (Lipinski definition) is 0. The standard InChI is InChI=1S/C21H30ClNO3S/c1-7-9-19(14-17-10-12-18(22)13-11-17)23(27(25)21(4,5)6)15-16(3)20(24)26-8-2/h7,10-13,19H,1,3,8-9,14-15H2,2,4-6H3/t19?,27-/m1/s1. The molecule has 0 N–H and O–H groups in total. The number of hydrogen-bond acceptors (Lipinski definition) is 3. The molecule has 150 valence electrons. The maximum absolute atomic E-state index is 13.2. The number of nitrogens with zero attached hydrogens (tertiary/aromatic N) is 1. The molecule has 27 heavy (non-hydrogen) atoms. The second-order valence-corrected chi connectivity index (χ2v) is 9.90. The highest BCUT2D eigenvalue weighted by molar-refractivity contribution is 7.84. The molecule has 0 aromatic heterocycles. The largest absolute Gasteiger partial charge is 0.463 e. The van der Waals surface area contributed by atoms with Gasteiger partial charge in [0.2, 0.25) is 0 Å². The van der Waals surface area contributed by atoms with E-state index in [0.29, 0.717) is 23.4 Å². The highest BCUT2D eigenvalue weighted by Crippen LogP contribution is 2.24. The van der Waals surface area contributed by atoms with Gasteiger partial charge in [0, 0.05) is 23.2 Å². The van der Waals surface area contributed by atoms with Crippen LogP contribution in [0.15, 0.2) is 49.1 Å². The van der Waals surface area contributed by atoms with Gasteiger partial charge in [0.25, 0.3) is 0 Å². The fourth-order valence-electron chi connectivity index (χ4n) is 2.55. The van der Waals surface area contributed by atoms with Gasteiger partial charge in [-0.15, -0.1) is 6.58 Å². The van der Waals surface area contributed by atoms with Gasteiger partial charge in [-0.3, -0.25) is 0 Å². The molecule has 0 aliphatic rings. The van der Waals surface area contributed by atoms with E-state index < -0.39 is 21.7 Å². The lowest BCUT2D eigenvalue weighted by Gasteiger charge is -2.35. The summed E-state index contributed by atoms with van der Waals surface area (Å²) in [7, 11) is -1.33. The van der Waals surface area contributed by atoms with Crippen molar-refractivity contribution < 1.29 is 13.7 Å². The molecule has 0 aliphatic carbocycles. The van der Waals surface area contributed by atoms with Crippen LogP contribution in [0, 0.1) is 0 Å². The molecule has 0 saturated heterocycles. The summed E-state index contributed by atoms with van der Waals surface area (Å²) in [5.74, 6) is -0.461. The zero-order valence-corrected chi connectivity index (χ0v) is 18.2. The van der Waals surface area contributed by atoms with Crippen LogP contribution in [0.4, 0.5) is 0 Å². The number of benzene rings is 1. The Morgan fingerprint density at radius 1 is 1.33 bits per heavy atom.